The van der Waals surface area contributed by atoms with Crippen molar-refractivity contribution in [1.82, 2.24) is 9.97 Å². The average molecular weight is 162 g/mol. The average Bonchev–Trinajstić information content (AvgIpc) is 1.91. The third-order valence-corrected chi connectivity index (χ3v) is 0.809. The predicted octanol–water partition coefficient (Wildman–Crippen LogP) is -1.88. The van der Waals surface area contributed by atoms with Gasteiger partial charge in [-0.15, -0.1) is 0 Å². The molecule has 0 radical (unpaired) electrons. The van der Waals surface area contributed by atoms with Crippen molar-refractivity contribution in [1.29, 1.82) is 0 Å². The van der Waals surface area contributed by atoms with Gasteiger partial charge in [0.15, 0.2) is 5.82 Å². The van der Waals surface area contributed by atoms with E-state index in [1.807, 2.05) is 0 Å². The van der Waals surface area contributed by atoms with Gasteiger partial charge < -0.3 is 6.53 Å². The maximum atomic E-state index is 8.26. The minimum atomic E-state index is 0. The number of aromatic nitrogens is 2. The fourth-order valence-electron chi connectivity index (χ4n) is 0.463. The van der Waals surface area contributed by atoms with Gasteiger partial charge in [0.05, 0.1) is 6.26 Å². The molecule has 0 saturated heterocycles. The summed E-state index contributed by atoms with van der Waals surface area (Å²) in [6.45, 7) is 0. The molecular weight excluding hydrogens is 155 g/mol. The van der Waals surface area contributed by atoms with Gasteiger partial charge in [-0.1, -0.05) is 0 Å². The van der Waals surface area contributed by atoms with Crippen molar-refractivity contribution in [3.63, 3.8) is 0 Å². The second-order valence-electron chi connectivity index (χ2n) is 1.42. The normalized spacial score (nSPS) is 9.20. The van der Waals surface area contributed by atoms with Crippen molar-refractivity contribution in [2.24, 2.45) is 0 Å². The minimum absolute atomic E-state index is 0. The zero-order valence-electron chi connectivity index (χ0n) is 6.73. The molecule has 1 heterocycles. The fraction of sp³-hybridized carbons (Fsp3) is 0. The topological polar surface area (TPSA) is 46.0 Å². The minimum Gasteiger partial charge on any atom is -1.00 e. The van der Waals surface area contributed by atoms with Gasteiger partial charge in [0.2, 0.25) is 0 Å². The van der Waals surface area contributed by atoms with Crippen LogP contribution in [0.4, 0.5) is 0 Å². The van der Waals surface area contributed by atoms with Crippen LogP contribution < -0.4 is 51.4 Å². The molecule has 1 rings (SSSR count). The van der Waals surface area contributed by atoms with Crippen LogP contribution in [0, 0.1) is 0 Å². The van der Waals surface area contributed by atoms with Crippen LogP contribution in [0.1, 0.15) is 7.25 Å². The maximum Gasteiger partial charge on any atom is 1.00 e. The van der Waals surface area contributed by atoms with E-state index in [2.05, 4.69) is 9.97 Å². The molecule has 0 amide bonds. The predicted molar refractivity (Wildman–Crippen MR) is 34.8 cm³/mol. The third kappa shape index (κ3) is 3.43. The molecule has 1 aromatic heterocycles. The molecule has 3 nitrogen and oxygen atoms in total. The number of aliphatic hydroxyl groups excluding tert-OH is 1. The summed E-state index contributed by atoms with van der Waals surface area (Å²) >= 11 is 0. The van der Waals surface area contributed by atoms with Crippen LogP contribution in [0.3, 0.4) is 0 Å². The van der Waals surface area contributed by atoms with Gasteiger partial charge in [-0.2, -0.15) is 0 Å². The Morgan fingerprint density at radius 2 is 2.00 bits per heavy atom. The van der Waals surface area contributed by atoms with Crippen molar-refractivity contribution in [3.8, 4) is 0 Å². The first kappa shape index (κ1) is 10.3. The Kier molecular flexibility index (Phi) is 6.15. The summed E-state index contributed by atoms with van der Waals surface area (Å²) < 4.78 is 0. The molecule has 0 aromatic carbocycles. The summed E-state index contributed by atoms with van der Waals surface area (Å²) in [5.41, 5.74) is 0. The van der Waals surface area contributed by atoms with Crippen molar-refractivity contribution < 1.29 is 57.9 Å². The number of aliphatic hydroxyl groups is 1. The monoisotopic (exact) mass is 162 g/mol. The van der Waals surface area contributed by atoms with Crippen LogP contribution >= 0.6 is 0 Å². The molecule has 1 aromatic rings. The molecule has 0 aliphatic carbocycles. The van der Waals surface area contributed by atoms with E-state index in [0.29, 0.717) is 5.82 Å². The molecular formula is C6H7KN2O. The molecule has 0 bridgehead atoms. The van der Waals surface area contributed by atoms with E-state index < -0.39 is 0 Å². The van der Waals surface area contributed by atoms with Gasteiger partial charge in [-0.3, -0.25) is 0 Å². The van der Waals surface area contributed by atoms with E-state index >= 15 is 0 Å². The zero-order valence-corrected chi connectivity index (χ0v) is 8.85. The first-order chi connectivity index (χ1) is 4.43. The van der Waals surface area contributed by atoms with Crippen molar-refractivity contribution in [2.75, 3.05) is 0 Å². The third-order valence-electron chi connectivity index (χ3n) is 0.809. The SMILES string of the molecule is OC=Cc1ncccn1.[H-].[K+]. The molecule has 0 saturated carbocycles. The molecule has 4 heteroatoms. The quantitative estimate of drug-likeness (QED) is 0.388. The van der Waals surface area contributed by atoms with Crippen LogP contribution in [0.5, 0.6) is 0 Å². The Morgan fingerprint density at radius 1 is 1.40 bits per heavy atom. The Labute approximate surface area is 103 Å². The molecule has 0 aliphatic rings. The van der Waals surface area contributed by atoms with E-state index in [4.69, 9.17) is 5.11 Å². The first-order valence-corrected chi connectivity index (χ1v) is 2.51. The Bertz CT molecular complexity index is 205. The van der Waals surface area contributed by atoms with Crippen LogP contribution in [0.25, 0.3) is 6.08 Å². The number of nitrogens with zero attached hydrogens (tertiary/aromatic N) is 2. The number of hydrogen-bond acceptors (Lipinski definition) is 3. The van der Waals surface area contributed by atoms with E-state index in [9.17, 15) is 0 Å². The summed E-state index contributed by atoms with van der Waals surface area (Å²) in [5, 5.41) is 8.26. The smallest absolute Gasteiger partial charge is 1.00 e. The zero-order chi connectivity index (χ0) is 6.53. The van der Waals surface area contributed by atoms with E-state index in [1.54, 1.807) is 18.5 Å². The summed E-state index contributed by atoms with van der Waals surface area (Å²) in [4.78, 5) is 7.62. The van der Waals surface area contributed by atoms with E-state index in [-0.39, 0.29) is 52.8 Å². The molecule has 10 heavy (non-hydrogen) atoms. The molecule has 0 atom stereocenters. The summed E-state index contributed by atoms with van der Waals surface area (Å²) in [6.07, 6.45) is 5.56. The van der Waals surface area contributed by atoms with Gasteiger partial charge in [0.1, 0.15) is 0 Å². The van der Waals surface area contributed by atoms with Gasteiger partial charge in [0, 0.05) is 18.5 Å². The first-order valence-electron chi connectivity index (χ1n) is 2.51. The van der Waals surface area contributed by atoms with E-state index in [0.717, 1.165) is 6.26 Å². The second-order valence-corrected chi connectivity index (χ2v) is 1.42. The Balaban J connectivity index is 0. The standard InChI is InChI=1S/C6H6N2O.K.H/c9-5-2-6-7-3-1-4-8-6;;/h1-5,9H;;/q;+1;-1. The van der Waals surface area contributed by atoms with Crippen LogP contribution in [0.2, 0.25) is 0 Å². The molecule has 0 spiro atoms. The second kappa shape index (κ2) is 6.00. The summed E-state index contributed by atoms with van der Waals surface area (Å²) in [6, 6.07) is 1.72. The molecule has 0 fully saturated rings. The summed E-state index contributed by atoms with van der Waals surface area (Å²) in [7, 11) is 0. The van der Waals surface area contributed by atoms with Gasteiger partial charge in [0.25, 0.3) is 0 Å². The van der Waals surface area contributed by atoms with Gasteiger partial charge in [-0.25, -0.2) is 9.97 Å². The van der Waals surface area contributed by atoms with Crippen LogP contribution in [-0.4, -0.2) is 15.1 Å². The van der Waals surface area contributed by atoms with Crippen molar-refractivity contribution in [2.45, 2.75) is 0 Å². The molecule has 1 N–H and O–H groups in total. The fourth-order valence-corrected chi connectivity index (χ4v) is 0.463. The summed E-state index contributed by atoms with van der Waals surface area (Å²) in [5.74, 6) is 0.514. The molecule has 0 aliphatic heterocycles. The largest absolute Gasteiger partial charge is 1.00 e. The van der Waals surface area contributed by atoms with Crippen molar-refractivity contribution >= 4 is 6.08 Å². The maximum absolute atomic E-state index is 8.26. The van der Waals surface area contributed by atoms with Gasteiger partial charge in [-0.05, 0) is 6.07 Å². The van der Waals surface area contributed by atoms with E-state index in [1.165, 1.54) is 6.08 Å². The number of rotatable bonds is 1. The molecule has 0 unspecified atom stereocenters. The van der Waals surface area contributed by atoms with Crippen LogP contribution in [-0.2, 0) is 0 Å². The number of hydrogen-bond donors (Lipinski definition) is 1. The van der Waals surface area contributed by atoms with Gasteiger partial charge >= 0.3 is 51.4 Å². The Hall–Kier alpha value is 0.256. The molecule has 48 valence electrons. The van der Waals surface area contributed by atoms with Crippen molar-refractivity contribution in [3.05, 3.63) is 30.5 Å². The Morgan fingerprint density at radius 3 is 2.50 bits per heavy atom. The van der Waals surface area contributed by atoms with Crippen LogP contribution in [0.15, 0.2) is 24.7 Å².